The Balaban J connectivity index is 2.87. The van der Waals surface area contributed by atoms with Crippen LogP contribution in [0.25, 0.3) is 0 Å². The molecule has 1 aromatic carbocycles. The van der Waals surface area contributed by atoms with Gasteiger partial charge in [0.25, 0.3) is 0 Å². The van der Waals surface area contributed by atoms with E-state index in [1.807, 2.05) is 12.1 Å². The summed E-state index contributed by atoms with van der Waals surface area (Å²) in [7, 11) is 4.88. The molecule has 0 aromatic heterocycles. The Kier molecular flexibility index (Phi) is 5.10. The zero-order valence-corrected chi connectivity index (χ0v) is 11.0. The summed E-state index contributed by atoms with van der Waals surface area (Å²) in [6.45, 7) is 0.457. The average molecular weight is 258 g/mol. The zero-order valence-electron chi connectivity index (χ0n) is 10.2. The quantitative estimate of drug-likeness (QED) is 0.757. The number of halogens is 1. The summed E-state index contributed by atoms with van der Waals surface area (Å²) >= 11 is 5.49. The van der Waals surface area contributed by atoms with Crippen molar-refractivity contribution in [1.82, 2.24) is 4.90 Å². The minimum atomic E-state index is -0.121. The van der Waals surface area contributed by atoms with Crippen molar-refractivity contribution in [3.8, 4) is 11.5 Å². The average Bonchev–Trinajstić information content (AvgIpc) is 2.37. The third-order valence-corrected chi connectivity index (χ3v) is 2.67. The van der Waals surface area contributed by atoms with Crippen molar-refractivity contribution in [2.45, 2.75) is 6.54 Å². The maximum absolute atomic E-state index is 11.4. The van der Waals surface area contributed by atoms with Crippen molar-refractivity contribution in [2.75, 3.05) is 27.1 Å². The Morgan fingerprint density at radius 2 is 2.06 bits per heavy atom. The first-order chi connectivity index (χ1) is 8.12. The van der Waals surface area contributed by atoms with E-state index in [2.05, 4.69) is 0 Å². The first kappa shape index (κ1) is 13.6. The molecule has 0 spiro atoms. The van der Waals surface area contributed by atoms with Crippen LogP contribution in [0.2, 0.25) is 0 Å². The number of benzene rings is 1. The molecule has 1 aromatic rings. The van der Waals surface area contributed by atoms with Crippen molar-refractivity contribution < 1.29 is 14.3 Å². The number of hydrogen-bond acceptors (Lipinski definition) is 3. The van der Waals surface area contributed by atoms with Crippen LogP contribution in [0.3, 0.4) is 0 Å². The van der Waals surface area contributed by atoms with E-state index in [0.29, 0.717) is 12.3 Å². The molecule has 0 N–H and O–H groups in total. The van der Waals surface area contributed by atoms with E-state index >= 15 is 0 Å². The van der Waals surface area contributed by atoms with Gasteiger partial charge in [0.15, 0.2) is 0 Å². The first-order valence-corrected chi connectivity index (χ1v) is 5.66. The van der Waals surface area contributed by atoms with E-state index in [9.17, 15) is 4.79 Å². The van der Waals surface area contributed by atoms with Gasteiger partial charge in [-0.1, -0.05) is 0 Å². The predicted octanol–water partition coefficient (Wildman–Crippen LogP) is 1.90. The molecule has 1 rings (SSSR count). The predicted molar refractivity (Wildman–Crippen MR) is 66.7 cm³/mol. The van der Waals surface area contributed by atoms with Gasteiger partial charge in [-0.3, -0.25) is 4.79 Å². The van der Waals surface area contributed by atoms with Crippen molar-refractivity contribution in [2.24, 2.45) is 0 Å². The molecule has 0 saturated heterocycles. The van der Waals surface area contributed by atoms with Gasteiger partial charge in [-0.25, -0.2) is 0 Å². The molecule has 4 nitrogen and oxygen atoms in total. The Morgan fingerprint density at radius 1 is 1.35 bits per heavy atom. The van der Waals surface area contributed by atoms with Crippen molar-refractivity contribution in [3.05, 3.63) is 23.8 Å². The molecule has 0 saturated carbocycles. The summed E-state index contributed by atoms with van der Waals surface area (Å²) in [5.41, 5.74) is 0.911. The van der Waals surface area contributed by atoms with Gasteiger partial charge in [0.05, 0.1) is 14.2 Å². The molecule has 0 aliphatic heterocycles. The number of amides is 1. The number of alkyl halides is 1. The van der Waals surface area contributed by atoms with Crippen LogP contribution in [-0.2, 0) is 11.3 Å². The van der Waals surface area contributed by atoms with Crippen LogP contribution in [0.5, 0.6) is 11.5 Å². The van der Waals surface area contributed by atoms with Gasteiger partial charge in [0.2, 0.25) is 5.91 Å². The fourth-order valence-corrected chi connectivity index (χ4v) is 1.63. The summed E-state index contributed by atoms with van der Waals surface area (Å²) in [6.07, 6.45) is 0. The van der Waals surface area contributed by atoms with Crippen LogP contribution in [-0.4, -0.2) is 38.0 Å². The fraction of sp³-hybridized carbons (Fsp3) is 0.417. The van der Waals surface area contributed by atoms with Gasteiger partial charge in [0, 0.05) is 25.2 Å². The molecule has 17 heavy (non-hydrogen) atoms. The molecule has 0 atom stereocenters. The third-order valence-electron chi connectivity index (χ3n) is 2.44. The minimum absolute atomic E-state index is 0.0189. The van der Waals surface area contributed by atoms with Crippen molar-refractivity contribution in [1.29, 1.82) is 0 Å². The van der Waals surface area contributed by atoms with Gasteiger partial charge in [0.1, 0.15) is 17.4 Å². The van der Waals surface area contributed by atoms with E-state index in [1.54, 1.807) is 32.2 Å². The standard InChI is InChI=1S/C12H16ClNO3/c1-14(12(15)7-13)8-9-4-5-10(16-2)6-11(9)17-3/h4-6H,7-8H2,1-3H3. The zero-order chi connectivity index (χ0) is 12.8. The summed E-state index contributed by atoms with van der Waals surface area (Å²) in [6, 6.07) is 5.49. The second-order valence-electron chi connectivity index (χ2n) is 3.56. The Hall–Kier alpha value is -1.42. The Bertz CT molecular complexity index is 395. The highest BCUT2D eigenvalue weighted by molar-refractivity contribution is 6.27. The summed E-state index contributed by atoms with van der Waals surface area (Å²) in [5.74, 6) is 1.27. The number of hydrogen-bond donors (Lipinski definition) is 0. The molecular weight excluding hydrogens is 242 g/mol. The normalized spacial score (nSPS) is 9.88. The van der Waals surface area contributed by atoms with Crippen LogP contribution < -0.4 is 9.47 Å². The molecule has 0 fully saturated rings. The van der Waals surface area contributed by atoms with Gasteiger partial charge >= 0.3 is 0 Å². The minimum Gasteiger partial charge on any atom is -0.497 e. The van der Waals surface area contributed by atoms with Gasteiger partial charge < -0.3 is 14.4 Å². The largest absolute Gasteiger partial charge is 0.497 e. The maximum Gasteiger partial charge on any atom is 0.237 e. The van der Waals surface area contributed by atoms with Crippen LogP contribution in [0.4, 0.5) is 0 Å². The van der Waals surface area contributed by atoms with Crippen molar-refractivity contribution >= 4 is 17.5 Å². The number of carbonyl (C=O) groups excluding carboxylic acids is 1. The van der Waals surface area contributed by atoms with E-state index in [1.165, 1.54) is 0 Å². The van der Waals surface area contributed by atoms with E-state index in [-0.39, 0.29) is 11.8 Å². The molecule has 0 aliphatic rings. The monoisotopic (exact) mass is 257 g/mol. The lowest BCUT2D eigenvalue weighted by Crippen LogP contribution is -2.27. The van der Waals surface area contributed by atoms with Crippen molar-refractivity contribution in [3.63, 3.8) is 0 Å². The SMILES string of the molecule is COc1ccc(CN(C)C(=O)CCl)c(OC)c1. The summed E-state index contributed by atoms with van der Waals surface area (Å²) < 4.78 is 10.4. The van der Waals surface area contributed by atoms with Gasteiger partial charge in [-0.15, -0.1) is 11.6 Å². The van der Waals surface area contributed by atoms with E-state index < -0.39 is 0 Å². The molecule has 0 radical (unpaired) electrons. The van der Waals surface area contributed by atoms with E-state index in [4.69, 9.17) is 21.1 Å². The number of carbonyl (C=O) groups is 1. The molecule has 0 unspecified atom stereocenters. The highest BCUT2D eigenvalue weighted by atomic mass is 35.5. The second-order valence-corrected chi connectivity index (χ2v) is 3.83. The lowest BCUT2D eigenvalue weighted by Gasteiger charge is -2.18. The molecule has 0 bridgehead atoms. The Morgan fingerprint density at radius 3 is 2.59 bits per heavy atom. The van der Waals surface area contributed by atoms with Crippen LogP contribution in [0.15, 0.2) is 18.2 Å². The first-order valence-electron chi connectivity index (χ1n) is 5.13. The smallest absolute Gasteiger partial charge is 0.237 e. The highest BCUT2D eigenvalue weighted by Gasteiger charge is 2.11. The highest BCUT2D eigenvalue weighted by Crippen LogP contribution is 2.25. The Labute approximate surface area is 106 Å². The molecule has 0 aliphatic carbocycles. The van der Waals surface area contributed by atoms with E-state index in [0.717, 1.165) is 11.3 Å². The van der Waals surface area contributed by atoms with Crippen LogP contribution in [0.1, 0.15) is 5.56 Å². The number of nitrogens with zero attached hydrogens (tertiary/aromatic N) is 1. The van der Waals surface area contributed by atoms with Crippen LogP contribution >= 0.6 is 11.6 Å². The summed E-state index contributed by atoms with van der Waals surface area (Å²) in [4.78, 5) is 12.9. The number of methoxy groups -OCH3 is 2. The molecular formula is C12H16ClNO3. The lowest BCUT2D eigenvalue weighted by atomic mass is 10.2. The number of rotatable bonds is 5. The third kappa shape index (κ3) is 3.53. The van der Waals surface area contributed by atoms with Crippen LogP contribution in [0, 0.1) is 0 Å². The molecule has 94 valence electrons. The maximum atomic E-state index is 11.4. The fourth-order valence-electron chi connectivity index (χ4n) is 1.43. The topological polar surface area (TPSA) is 38.8 Å². The lowest BCUT2D eigenvalue weighted by molar-refractivity contribution is -0.127. The van der Waals surface area contributed by atoms with Gasteiger partial charge in [-0.05, 0) is 12.1 Å². The second kappa shape index (κ2) is 6.35. The molecule has 5 heteroatoms. The summed E-state index contributed by atoms with van der Waals surface area (Å²) in [5, 5.41) is 0. The molecule has 1 amide bonds. The number of ether oxygens (including phenoxy) is 2. The molecule has 0 heterocycles. The van der Waals surface area contributed by atoms with Gasteiger partial charge in [-0.2, -0.15) is 0 Å².